The van der Waals surface area contributed by atoms with Crippen LogP contribution in [0.3, 0.4) is 0 Å². The lowest BCUT2D eigenvalue weighted by Gasteiger charge is -2.07. The van der Waals surface area contributed by atoms with E-state index >= 15 is 0 Å². The molecule has 0 aliphatic heterocycles. The number of nitrogens with one attached hydrogen (secondary N) is 2. The fourth-order valence-electron chi connectivity index (χ4n) is 2.43. The molecule has 3 rings (SSSR count). The van der Waals surface area contributed by atoms with Crippen molar-refractivity contribution >= 4 is 39.5 Å². The fourth-order valence-corrected chi connectivity index (χ4v) is 3.47. The molecule has 0 saturated heterocycles. The van der Waals surface area contributed by atoms with Crippen molar-refractivity contribution in [3.63, 3.8) is 0 Å². The molecular weight excluding hydrogens is 360 g/mol. The van der Waals surface area contributed by atoms with Gasteiger partial charge in [-0.2, -0.15) is 0 Å². The maximum absolute atomic E-state index is 12.6. The van der Waals surface area contributed by atoms with Crippen molar-refractivity contribution in [2.45, 2.75) is 39.3 Å². The van der Waals surface area contributed by atoms with Gasteiger partial charge in [0.15, 0.2) is 0 Å². The molecule has 0 aromatic carbocycles. The van der Waals surface area contributed by atoms with Crippen molar-refractivity contribution in [1.29, 1.82) is 0 Å². The van der Waals surface area contributed by atoms with Crippen molar-refractivity contribution in [2.75, 3.05) is 6.61 Å². The second-order valence-electron chi connectivity index (χ2n) is 5.93. The highest BCUT2D eigenvalue weighted by atomic mass is 32.1. The summed E-state index contributed by atoms with van der Waals surface area (Å²) in [7, 11) is 0. The number of esters is 1. The quantitative estimate of drug-likeness (QED) is 0.747. The first-order valence-corrected chi connectivity index (χ1v) is 8.98. The molecule has 2 aromatic heterocycles. The first-order chi connectivity index (χ1) is 12.4. The number of urea groups is 1. The summed E-state index contributed by atoms with van der Waals surface area (Å²) in [4.78, 5) is 53.0. The van der Waals surface area contributed by atoms with Gasteiger partial charge in [-0.05, 0) is 32.3 Å². The van der Waals surface area contributed by atoms with Crippen LogP contribution in [0.5, 0.6) is 0 Å². The lowest BCUT2D eigenvalue weighted by Crippen LogP contribution is -2.42. The highest BCUT2D eigenvalue weighted by Gasteiger charge is 2.24. The summed E-state index contributed by atoms with van der Waals surface area (Å²) in [5, 5.41) is 5.08. The lowest BCUT2D eigenvalue weighted by molar-refractivity contribution is -0.120. The van der Waals surface area contributed by atoms with E-state index in [1.807, 2.05) is 0 Å². The minimum absolute atomic E-state index is 0.123. The molecular formula is C16H18N4O5S. The van der Waals surface area contributed by atoms with E-state index in [-0.39, 0.29) is 24.6 Å². The first-order valence-electron chi connectivity index (χ1n) is 8.16. The van der Waals surface area contributed by atoms with Crippen molar-refractivity contribution < 1.29 is 19.1 Å². The van der Waals surface area contributed by atoms with Crippen LogP contribution in [0.2, 0.25) is 0 Å². The van der Waals surface area contributed by atoms with E-state index in [9.17, 15) is 19.2 Å². The molecule has 138 valence electrons. The highest BCUT2D eigenvalue weighted by Crippen LogP contribution is 2.27. The first kappa shape index (κ1) is 18.1. The van der Waals surface area contributed by atoms with Crippen LogP contribution in [0.25, 0.3) is 10.2 Å². The third kappa shape index (κ3) is 3.74. The Morgan fingerprint density at radius 3 is 2.77 bits per heavy atom. The molecule has 2 aromatic rings. The van der Waals surface area contributed by atoms with Gasteiger partial charge >= 0.3 is 12.0 Å². The summed E-state index contributed by atoms with van der Waals surface area (Å²) in [6, 6.07) is -0.450. The predicted octanol–water partition coefficient (Wildman–Crippen LogP) is 0.931. The number of imide groups is 1. The van der Waals surface area contributed by atoms with Crippen LogP contribution in [-0.4, -0.2) is 40.1 Å². The molecule has 1 fully saturated rings. The zero-order valence-electron chi connectivity index (χ0n) is 14.3. The van der Waals surface area contributed by atoms with E-state index in [1.54, 1.807) is 13.8 Å². The number of rotatable bonds is 5. The van der Waals surface area contributed by atoms with Crippen LogP contribution in [0.4, 0.5) is 4.79 Å². The van der Waals surface area contributed by atoms with Gasteiger partial charge in [-0.25, -0.2) is 14.6 Å². The van der Waals surface area contributed by atoms with Crippen LogP contribution in [-0.2, 0) is 16.1 Å². The molecule has 0 bridgehead atoms. The van der Waals surface area contributed by atoms with Gasteiger partial charge in [-0.3, -0.25) is 19.5 Å². The predicted molar refractivity (Wildman–Crippen MR) is 94.3 cm³/mol. The zero-order valence-corrected chi connectivity index (χ0v) is 15.1. The molecule has 1 saturated carbocycles. The minimum atomic E-state index is -0.620. The molecule has 0 unspecified atom stereocenters. The number of carbonyl (C=O) groups excluding carboxylic acids is 3. The normalized spacial score (nSPS) is 13.5. The fraction of sp³-hybridized carbons (Fsp3) is 0.438. The summed E-state index contributed by atoms with van der Waals surface area (Å²) < 4.78 is 6.09. The van der Waals surface area contributed by atoms with E-state index in [1.165, 1.54) is 6.33 Å². The van der Waals surface area contributed by atoms with Gasteiger partial charge in [-0.15, -0.1) is 11.3 Å². The molecule has 9 nitrogen and oxygen atoms in total. The van der Waals surface area contributed by atoms with E-state index in [0.717, 1.165) is 28.7 Å². The lowest BCUT2D eigenvalue weighted by atomic mass is 10.2. The second-order valence-corrected chi connectivity index (χ2v) is 6.93. The average molecular weight is 378 g/mol. The Morgan fingerprint density at radius 1 is 1.38 bits per heavy atom. The molecule has 0 spiro atoms. The van der Waals surface area contributed by atoms with Crippen LogP contribution in [0, 0.1) is 6.92 Å². The molecule has 0 atom stereocenters. The second kappa shape index (κ2) is 7.24. The molecule has 1 aliphatic carbocycles. The number of hydrogen-bond acceptors (Lipinski definition) is 7. The molecule has 1 aliphatic rings. The van der Waals surface area contributed by atoms with Crippen LogP contribution in [0.15, 0.2) is 11.1 Å². The third-order valence-electron chi connectivity index (χ3n) is 3.86. The van der Waals surface area contributed by atoms with Gasteiger partial charge in [0.2, 0.25) is 5.91 Å². The average Bonchev–Trinajstić information content (AvgIpc) is 3.31. The van der Waals surface area contributed by atoms with Crippen molar-refractivity contribution in [2.24, 2.45) is 0 Å². The number of ether oxygens (including phenoxy) is 1. The standard InChI is InChI=1S/C16H18N4O5S/c1-3-25-15(23)12-8(2)11-13(26-12)17-7-20(14(11)22)6-10(21)19-16(24)18-9-4-5-9/h7,9H,3-6H2,1-2H3,(H2,18,19,21,24). The molecule has 3 amide bonds. The highest BCUT2D eigenvalue weighted by molar-refractivity contribution is 7.20. The molecule has 2 heterocycles. The van der Waals surface area contributed by atoms with Gasteiger partial charge in [0, 0.05) is 6.04 Å². The smallest absolute Gasteiger partial charge is 0.348 e. The molecule has 0 radical (unpaired) electrons. The summed E-state index contributed by atoms with van der Waals surface area (Å²) in [6.45, 7) is 3.22. The monoisotopic (exact) mass is 378 g/mol. The number of aryl methyl sites for hydroxylation is 1. The molecule has 26 heavy (non-hydrogen) atoms. The Morgan fingerprint density at radius 2 is 2.12 bits per heavy atom. The summed E-state index contributed by atoms with van der Waals surface area (Å²) in [5.41, 5.74) is 0.0271. The number of fused-ring (bicyclic) bond motifs is 1. The summed E-state index contributed by atoms with van der Waals surface area (Å²) in [5.74, 6) is -1.13. The number of carbonyl (C=O) groups is 3. The van der Waals surface area contributed by atoms with Crippen LogP contribution in [0.1, 0.15) is 35.0 Å². The van der Waals surface area contributed by atoms with E-state index in [0.29, 0.717) is 15.3 Å². The topological polar surface area (TPSA) is 119 Å². The largest absolute Gasteiger partial charge is 0.462 e. The summed E-state index contributed by atoms with van der Waals surface area (Å²) in [6.07, 6.45) is 3.04. The van der Waals surface area contributed by atoms with Crippen LogP contribution >= 0.6 is 11.3 Å². The number of thiophene rings is 1. The number of aromatic nitrogens is 2. The van der Waals surface area contributed by atoms with Gasteiger partial charge in [0.05, 0.1) is 18.3 Å². The van der Waals surface area contributed by atoms with E-state index in [2.05, 4.69) is 15.6 Å². The Labute approximate surface area is 152 Å². The number of hydrogen-bond donors (Lipinski definition) is 2. The van der Waals surface area contributed by atoms with Crippen LogP contribution < -0.4 is 16.2 Å². The summed E-state index contributed by atoms with van der Waals surface area (Å²) >= 11 is 1.07. The van der Waals surface area contributed by atoms with Crippen molar-refractivity contribution in [1.82, 2.24) is 20.2 Å². The Bertz CT molecular complexity index is 944. The van der Waals surface area contributed by atoms with Crippen molar-refractivity contribution in [3.8, 4) is 0 Å². The Hall–Kier alpha value is -2.75. The van der Waals surface area contributed by atoms with E-state index < -0.39 is 23.5 Å². The SMILES string of the molecule is CCOC(=O)c1sc2ncn(CC(=O)NC(=O)NC3CC3)c(=O)c2c1C. The maximum Gasteiger partial charge on any atom is 0.348 e. The maximum atomic E-state index is 12.6. The van der Waals surface area contributed by atoms with Crippen molar-refractivity contribution in [3.05, 3.63) is 27.1 Å². The van der Waals surface area contributed by atoms with Gasteiger partial charge < -0.3 is 10.1 Å². The van der Waals surface area contributed by atoms with E-state index in [4.69, 9.17) is 4.74 Å². The minimum Gasteiger partial charge on any atom is -0.462 e. The van der Waals surface area contributed by atoms with Gasteiger partial charge in [0.25, 0.3) is 5.56 Å². The molecule has 2 N–H and O–H groups in total. The van der Waals surface area contributed by atoms with Gasteiger partial charge in [-0.1, -0.05) is 0 Å². The zero-order chi connectivity index (χ0) is 18.8. The number of amides is 3. The Balaban J connectivity index is 1.81. The third-order valence-corrected chi connectivity index (χ3v) is 5.04. The Kier molecular flexibility index (Phi) is 5.03. The van der Waals surface area contributed by atoms with Gasteiger partial charge in [0.1, 0.15) is 16.3 Å². The number of nitrogens with zero attached hydrogens (tertiary/aromatic N) is 2. The molecule has 10 heteroatoms.